The normalized spacial score (nSPS) is 21.4. The average Bonchev–Trinajstić information content (AvgIpc) is 3.10. The molecule has 1 aliphatic heterocycles. The maximum absolute atomic E-state index is 12.4. The molecular formula is C19H29N3O. The molecule has 3 rings (SSSR count). The fourth-order valence-electron chi connectivity index (χ4n) is 3.75. The Morgan fingerprint density at radius 1 is 1.09 bits per heavy atom. The van der Waals surface area contributed by atoms with Crippen LogP contribution in [0.25, 0.3) is 0 Å². The minimum atomic E-state index is 0.120. The van der Waals surface area contributed by atoms with Crippen molar-refractivity contribution in [2.75, 3.05) is 43.4 Å². The summed E-state index contributed by atoms with van der Waals surface area (Å²) in [5, 5.41) is 3.09. The quantitative estimate of drug-likeness (QED) is 0.927. The van der Waals surface area contributed by atoms with Crippen LogP contribution in [0.1, 0.15) is 32.6 Å². The van der Waals surface area contributed by atoms with Gasteiger partial charge in [0.05, 0.1) is 0 Å². The summed E-state index contributed by atoms with van der Waals surface area (Å²) in [6, 6.07) is 8.32. The minimum Gasteiger partial charge on any atom is -0.369 e. The number of benzene rings is 1. The number of amides is 1. The fourth-order valence-corrected chi connectivity index (χ4v) is 3.75. The molecule has 4 nitrogen and oxygen atoms in total. The van der Waals surface area contributed by atoms with E-state index in [4.69, 9.17) is 0 Å². The van der Waals surface area contributed by atoms with Crippen LogP contribution in [-0.4, -0.2) is 44.0 Å². The number of hydrogen-bond acceptors (Lipinski definition) is 3. The number of carbonyl (C=O) groups is 1. The number of piperazine rings is 1. The Balaban J connectivity index is 1.55. The standard InChI is InChI=1S/C19H29N3O/c1-15(16-5-3-4-6-16)19(23)20-17-7-9-18(10-8-17)22-13-11-21(2)12-14-22/h7-10,15-16H,3-6,11-14H2,1-2H3,(H,20,23). The van der Waals surface area contributed by atoms with E-state index in [1.807, 2.05) is 12.1 Å². The Bertz CT molecular complexity index is 514. The lowest BCUT2D eigenvalue weighted by atomic mass is 9.92. The highest BCUT2D eigenvalue weighted by Gasteiger charge is 2.26. The third-order valence-electron chi connectivity index (χ3n) is 5.52. The van der Waals surface area contributed by atoms with Gasteiger partial charge >= 0.3 is 0 Å². The molecule has 1 saturated heterocycles. The van der Waals surface area contributed by atoms with Crippen LogP contribution in [0.4, 0.5) is 11.4 Å². The molecule has 1 heterocycles. The molecule has 1 N–H and O–H groups in total. The molecule has 126 valence electrons. The Morgan fingerprint density at radius 2 is 1.70 bits per heavy atom. The zero-order valence-corrected chi connectivity index (χ0v) is 14.4. The van der Waals surface area contributed by atoms with Gasteiger partial charge in [-0.25, -0.2) is 0 Å². The summed E-state index contributed by atoms with van der Waals surface area (Å²) in [5.41, 5.74) is 2.16. The average molecular weight is 315 g/mol. The zero-order chi connectivity index (χ0) is 16.2. The smallest absolute Gasteiger partial charge is 0.227 e. The van der Waals surface area contributed by atoms with E-state index in [1.54, 1.807) is 0 Å². The van der Waals surface area contributed by atoms with Crippen LogP contribution in [0.5, 0.6) is 0 Å². The van der Waals surface area contributed by atoms with Gasteiger partial charge in [-0.15, -0.1) is 0 Å². The predicted molar refractivity (Wildman–Crippen MR) is 95.9 cm³/mol. The molecule has 0 spiro atoms. The highest BCUT2D eigenvalue weighted by Crippen LogP contribution is 2.32. The molecule has 1 aromatic rings. The van der Waals surface area contributed by atoms with Gasteiger partial charge in [0.1, 0.15) is 0 Å². The van der Waals surface area contributed by atoms with Crippen molar-refractivity contribution in [2.24, 2.45) is 11.8 Å². The Kier molecular flexibility index (Phi) is 5.21. The highest BCUT2D eigenvalue weighted by molar-refractivity contribution is 5.92. The number of hydrogen-bond donors (Lipinski definition) is 1. The molecule has 2 aliphatic rings. The Labute approximate surface area is 139 Å². The van der Waals surface area contributed by atoms with Gasteiger partial charge in [0.15, 0.2) is 0 Å². The van der Waals surface area contributed by atoms with Crippen LogP contribution in [0.15, 0.2) is 24.3 Å². The van der Waals surface area contributed by atoms with Crippen molar-refractivity contribution in [3.8, 4) is 0 Å². The molecule has 1 aromatic carbocycles. The molecule has 1 saturated carbocycles. The van der Waals surface area contributed by atoms with Gasteiger partial charge in [0.25, 0.3) is 0 Å². The maximum Gasteiger partial charge on any atom is 0.227 e. The van der Waals surface area contributed by atoms with Crippen molar-refractivity contribution >= 4 is 17.3 Å². The minimum absolute atomic E-state index is 0.120. The monoisotopic (exact) mass is 315 g/mol. The number of nitrogens with one attached hydrogen (secondary N) is 1. The van der Waals surface area contributed by atoms with E-state index in [0.29, 0.717) is 5.92 Å². The van der Waals surface area contributed by atoms with Crippen LogP contribution in [-0.2, 0) is 4.79 Å². The third kappa shape index (κ3) is 4.05. The van der Waals surface area contributed by atoms with E-state index < -0.39 is 0 Å². The first-order valence-corrected chi connectivity index (χ1v) is 8.98. The molecule has 23 heavy (non-hydrogen) atoms. The maximum atomic E-state index is 12.4. The first-order chi connectivity index (χ1) is 11.1. The Hall–Kier alpha value is -1.55. The fraction of sp³-hybridized carbons (Fsp3) is 0.632. The molecule has 1 aliphatic carbocycles. The molecule has 1 amide bonds. The molecule has 0 radical (unpaired) electrons. The van der Waals surface area contributed by atoms with Gasteiger partial charge in [-0.3, -0.25) is 4.79 Å². The lowest BCUT2D eigenvalue weighted by Crippen LogP contribution is -2.44. The number of anilines is 2. The number of rotatable bonds is 4. The molecule has 1 unspecified atom stereocenters. The van der Waals surface area contributed by atoms with E-state index in [2.05, 4.69) is 41.2 Å². The molecule has 4 heteroatoms. The number of nitrogens with zero attached hydrogens (tertiary/aromatic N) is 2. The number of likely N-dealkylation sites (N-methyl/N-ethyl adjacent to an activating group) is 1. The van der Waals surface area contributed by atoms with Crippen LogP contribution >= 0.6 is 0 Å². The van der Waals surface area contributed by atoms with Crippen LogP contribution in [0, 0.1) is 11.8 Å². The zero-order valence-electron chi connectivity index (χ0n) is 14.4. The summed E-state index contributed by atoms with van der Waals surface area (Å²) in [5.74, 6) is 0.860. The highest BCUT2D eigenvalue weighted by atomic mass is 16.1. The summed E-state index contributed by atoms with van der Waals surface area (Å²) in [7, 11) is 2.17. The molecule has 0 bridgehead atoms. The van der Waals surface area contributed by atoms with E-state index in [0.717, 1.165) is 31.9 Å². The summed E-state index contributed by atoms with van der Waals surface area (Å²) >= 11 is 0. The van der Waals surface area contributed by atoms with Gasteiger partial charge in [-0.1, -0.05) is 19.8 Å². The summed E-state index contributed by atoms with van der Waals surface area (Å²) < 4.78 is 0. The SMILES string of the molecule is CC(C(=O)Nc1ccc(N2CCN(C)CC2)cc1)C1CCCC1. The van der Waals surface area contributed by atoms with Gasteiger partial charge < -0.3 is 15.1 Å². The first kappa shape index (κ1) is 16.3. The topological polar surface area (TPSA) is 35.6 Å². The summed E-state index contributed by atoms with van der Waals surface area (Å²) in [6.07, 6.45) is 4.97. The van der Waals surface area contributed by atoms with Crippen molar-refractivity contribution in [2.45, 2.75) is 32.6 Å². The number of carbonyl (C=O) groups excluding carboxylic acids is 1. The van der Waals surface area contributed by atoms with Gasteiger partial charge in [0.2, 0.25) is 5.91 Å². The van der Waals surface area contributed by atoms with E-state index in [-0.39, 0.29) is 11.8 Å². The summed E-state index contributed by atoms with van der Waals surface area (Å²) in [4.78, 5) is 17.2. The van der Waals surface area contributed by atoms with Crippen molar-refractivity contribution in [1.82, 2.24) is 4.90 Å². The largest absolute Gasteiger partial charge is 0.369 e. The summed E-state index contributed by atoms with van der Waals surface area (Å²) in [6.45, 7) is 6.43. The van der Waals surface area contributed by atoms with Crippen molar-refractivity contribution in [3.05, 3.63) is 24.3 Å². The van der Waals surface area contributed by atoms with E-state index >= 15 is 0 Å². The van der Waals surface area contributed by atoms with Crippen molar-refractivity contribution < 1.29 is 4.79 Å². The van der Waals surface area contributed by atoms with Crippen LogP contribution < -0.4 is 10.2 Å². The lowest BCUT2D eigenvalue weighted by Gasteiger charge is -2.34. The Morgan fingerprint density at radius 3 is 2.30 bits per heavy atom. The third-order valence-corrected chi connectivity index (χ3v) is 5.52. The second-order valence-electron chi connectivity index (χ2n) is 7.16. The van der Waals surface area contributed by atoms with Crippen LogP contribution in [0.2, 0.25) is 0 Å². The van der Waals surface area contributed by atoms with Crippen molar-refractivity contribution in [3.63, 3.8) is 0 Å². The second kappa shape index (κ2) is 7.35. The lowest BCUT2D eigenvalue weighted by molar-refractivity contribution is -0.120. The van der Waals surface area contributed by atoms with Crippen LogP contribution in [0.3, 0.4) is 0 Å². The van der Waals surface area contributed by atoms with Gasteiger partial charge in [0, 0.05) is 43.5 Å². The predicted octanol–water partition coefficient (Wildman–Crippen LogP) is 3.20. The van der Waals surface area contributed by atoms with Gasteiger partial charge in [-0.2, -0.15) is 0 Å². The molecule has 1 atom stereocenters. The van der Waals surface area contributed by atoms with Gasteiger partial charge in [-0.05, 0) is 50.1 Å². The second-order valence-corrected chi connectivity index (χ2v) is 7.16. The first-order valence-electron chi connectivity index (χ1n) is 8.98. The van der Waals surface area contributed by atoms with E-state index in [1.165, 1.54) is 31.4 Å². The van der Waals surface area contributed by atoms with E-state index in [9.17, 15) is 4.79 Å². The molecule has 0 aromatic heterocycles. The van der Waals surface area contributed by atoms with Crippen molar-refractivity contribution in [1.29, 1.82) is 0 Å². The molecular weight excluding hydrogens is 286 g/mol. The molecule has 2 fully saturated rings.